The van der Waals surface area contributed by atoms with Crippen LogP contribution in [0.2, 0.25) is 5.02 Å². The molecule has 6 heteroatoms. The lowest BCUT2D eigenvalue weighted by molar-refractivity contribution is 0.0983. The third kappa shape index (κ3) is 2.56. The monoisotopic (exact) mass is 313 g/mol. The molecular formula is C11H9BrClN3O. The van der Waals surface area contributed by atoms with Crippen molar-refractivity contribution in [3.63, 3.8) is 0 Å². The molecule has 0 saturated heterocycles. The summed E-state index contributed by atoms with van der Waals surface area (Å²) in [5, 5.41) is 8.13. The zero-order valence-electron chi connectivity index (χ0n) is 9.02. The molecule has 0 aliphatic heterocycles. The molecule has 0 atom stereocenters. The van der Waals surface area contributed by atoms with Gasteiger partial charge in [-0.05, 0) is 27.6 Å². The molecule has 1 heterocycles. The molecule has 0 aliphatic carbocycles. The molecule has 1 aromatic carbocycles. The van der Waals surface area contributed by atoms with Gasteiger partial charge in [-0.15, -0.1) is 5.10 Å². The van der Waals surface area contributed by atoms with Crippen molar-refractivity contribution in [1.29, 1.82) is 0 Å². The Bertz CT molecular complexity index is 548. The van der Waals surface area contributed by atoms with Crippen LogP contribution in [0.4, 0.5) is 0 Å². The minimum atomic E-state index is -0.0718. The van der Waals surface area contributed by atoms with Gasteiger partial charge in [-0.2, -0.15) is 0 Å². The molecule has 1 aromatic heterocycles. The maximum Gasteiger partial charge on any atom is 0.188 e. The number of aryl methyl sites for hydroxylation is 1. The Morgan fingerprint density at radius 3 is 2.76 bits per heavy atom. The highest BCUT2D eigenvalue weighted by Gasteiger charge is 2.17. The molecule has 88 valence electrons. The second-order valence-corrected chi connectivity index (χ2v) is 4.70. The lowest BCUT2D eigenvalue weighted by atomic mass is 10.1. The van der Waals surface area contributed by atoms with Gasteiger partial charge in [0.2, 0.25) is 0 Å². The van der Waals surface area contributed by atoms with Gasteiger partial charge in [-0.25, -0.2) is 4.68 Å². The van der Waals surface area contributed by atoms with Gasteiger partial charge >= 0.3 is 0 Å². The number of aromatic nitrogens is 3. The van der Waals surface area contributed by atoms with Crippen LogP contribution in [0.3, 0.4) is 0 Å². The van der Waals surface area contributed by atoms with Gasteiger partial charge in [0, 0.05) is 18.5 Å². The van der Waals surface area contributed by atoms with E-state index < -0.39 is 0 Å². The van der Waals surface area contributed by atoms with E-state index in [2.05, 4.69) is 26.2 Å². The number of ketones is 1. The Morgan fingerprint density at radius 2 is 2.18 bits per heavy atom. The van der Waals surface area contributed by atoms with Gasteiger partial charge in [0.1, 0.15) is 5.69 Å². The third-order valence-electron chi connectivity index (χ3n) is 2.36. The largest absolute Gasteiger partial charge is 0.292 e. The summed E-state index contributed by atoms with van der Waals surface area (Å²) in [6.45, 7) is 0. The highest BCUT2D eigenvalue weighted by atomic mass is 79.9. The molecule has 2 aromatic rings. The van der Waals surface area contributed by atoms with Gasteiger partial charge in [0.05, 0.1) is 0 Å². The predicted octanol–water partition coefficient (Wildman–Crippen LogP) is 2.66. The minimum absolute atomic E-state index is 0.0718. The highest BCUT2D eigenvalue weighted by Crippen LogP contribution is 2.19. The standard InChI is InChI=1S/C11H9BrClN3O/c1-16-10(11(12)14-15-16)9(17)6-7-4-2-3-5-8(7)13/h2-5H,6H2,1H3. The first kappa shape index (κ1) is 12.3. The van der Waals surface area contributed by atoms with Crippen molar-refractivity contribution in [2.75, 3.05) is 0 Å². The number of nitrogens with zero attached hydrogens (tertiary/aromatic N) is 3. The second-order valence-electron chi connectivity index (χ2n) is 3.54. The van der Waals surface area contributed by atoms with E-state index in [0.29, 0.717) is 15.3 Å². The molecule has 17 heavy (non-hydrogen) atoms. The lowest BCUT2D eigenvalue weighted by Crippen LogP contribution is -2.10. The fourth-order valence-corrected chi connectivity index (χ4v) is 2.28. The first-order valence-corrected chi connectivity index (χ1v) is 6.08. The Hall–Kier alpha value is -1.20. The second kappa shape index (κ2) is 4.98. The average molecular weight is 315 g/mol. The van der Waals surface area contributed by atoms with Crippen LogP contribution in [0.15, 0.2) is 28.9 Å². The van der Waals surface area contributed by atoms with Crippen LogP contribution < -0.4 is 0 Å². The molecular weight excluding hydrogens is 305 g/mol. The summed E-state index contributed by atoms with van der Waals surface area (Å²) < 4.78 is 1.90. The van der Waals surface area contributed by atoms with Crippen LogP contribution in [0.25, 0.3) is 0 Å². The van der Waals surface area contributed by atoms with Gasteiger partial charge in [-0.3, -0.25) is 4.79 Å². The number of halogens is 2. The Kier molecular flexibility index (Phi) is 3.59. The van der Waals surface area contributed by atoms with E-state index in [1.807, 2.05) is 18.2 Å². The van der Waals surface area contributed by atoms with E-state index in [9.17, 15) is 4.79 Å². The summed E-state index contributed by atoms with van der Waals surface area (Å²) in [5.41, 5.74) is 1.25. The van der Waals surface area contributed by atoms with Crippen molar-refractivity contribution in [3.05, 3.63) is 45.1 Å². The molecule has 0 unspecified atom stereocenters. The van der Waals surface area contributed by atoms with Crippen molar-refractivity contribution in [3.8, 4) is 0 Å². The Labute approximate surface area is 112 Å². The minimum Gasteiger partial charge on any atom is -0.292 e. The average Bonchev–Trinajstić information content (AvgIpc) is 2.62. The summed E-state index contributed by atoms with van der Waals surface area (Å²) in [4.78, 5) is 12.1. The first-order valence-electron chi connectivity index (χ1n) is 4.91. The maximum absolute atomic E-state index is 12.1. The van der Waals surface area contributed by atoms with Crippen molar-refractivity contribution in [2.24, 2.45) is 7.05 Å². The molecule has 0 N–H and O–H groups in total. The molecule has 2 rings (SSSR count). The lowest BCUT2D eigenvalue weighted by Gasteiger charge is -2.03. The summed E-state index contributed by atoms with van der Waals surface area (Å²) in [7, 11) is 1.68. The third-order valence-corrected chi connectivity index (χ3v) is 3.26. The molecule has 0 aliphatic rings. The quantitative estimate of drug-likeness (QED) is 0.818. The normalized spacial score (nSPS) is 10.5. The Morgan fingerprint density at radius 1 is 1.47 bits per heavy atom. The van der Waals surface area contributed by atoms with Crippen LogP contribution in [0.5, 0.6) is 0 Å². The van der Waals surface area contributed by atoms with Crippen LogP contribution in [-0.4, -0.2) is 20.8 Å². The summed E-state index contributed by atoms with van der Waals surface area (Å²) in [5.74, 6) is -0.0718. The zero-order valence-corrected chi connectivity index (χ0v) is 11.4. The van der Waals surface area contributed by atoms with E-state index in [1.165, 1.54) is 4.68 Å². The van der Waals surface area contributed by atoms with Gasteiger partial charge < -0.3 is 0 Å². The van der Waals surface area contributed by atoms with Crippen molar-refractivity contribution >= 4 is 33.3 Å². The molecule has 4 nitrogen and oxygen atoms in total. The first-order chi connectivity index (χ1) is 8.09. The fourth-order valence-electron chi connectivity index (χ4n) is 1.53. The number of hydrogen-bond acceptors (Lipinski definition) is 3. The zero-order chi connectivity index (χ0) is 12.4. The molecule has 0 amide bonds. The summed E-state index contributed by atoms with van der Waals surface area (Å²) >= 11 is 9.21. The molecule has 0 radical (unpaired) electrons. The van der Waals surface area contributed by atoms with Crippen molar-refractivity contribution < 1.29 is 4.79 Å². The van der Waals surface area contributed by atoms with Crippen LogP contribution in [-0.2, 0) is 13.5 Å². The number of carbonyl (C=O) groups excluding carboxylic acids is 1. The van der Waals surface area contributed by atoms with Gasteiger partial charge in [0.25, 0.3) is 0 Å². The predicted molar refractivity (Wildman–Crippen MR) is 68.2 cm³/mol. The van der Waals surface area contributed by atoms with Crippen LogP contribution in [0, 0.1) is 0 Å². The Balaban J connectivity index is 2.27. The van der Waals surface area contributed by atoms with Gasteiger partial charge in [0.15, 0.2) is 10.4 Å². The number of carbonyl (C=O) groups is 1. The van der Waals surface area contributed by atoms with E-state index in [4.69, 9.17) is 11.6 Å². The smallest absolute Gasteiger partial charge is 0.188 e. The fraction of sp³-hybridized carbons (Fsp3) is 0.182. The summed E-state index contributed by atoms with van der Waals surface area (Å²) in [6, 6.07) is 7.28. The number of hydrogen-bond donors (Lipinski definition) is 0. The van der Waals surface area contributed by atoms with Crippen LogP contribution >= 0.6 is 27.5 Å². The van der Waals surface area contributed by atoms with Crippen LogP contribution in [0.1, 0.15) is 16.1 Å². The van der Waals surface area contributed by atoms with E-state index >= 15 is 0 Å². The maximum atomic E-state index is 12.1. The summed E-state index contributed by atoms with van der Waals surface area (Å²) in [6.07, 6.45) is 0.236. The number of Topliss-reactive ketones (excluding diaryl/α,β-unsaturated/α-hetero) is 1. The van der Waals surface area contributed by atoms with E-state index in [1.54, 1.807) is 13.1 Å². The van der Waals surface area contributed by atoms with E-state index in [0.717, 1.165) is 5.56 Å². The highest BCUT2D eigenvalue weighted by molar-refractivity contribution is 9.10. The topological polar surface area (TPSA) is 47.8 Å². The van der Waals surface area contributed by atoms with Crippen molar-refractivity contribution in [1.82, 2.24) is 15.0 Å². The number of benzene rings is 1. The number of rotatable bonds is 3. The SMILES string of the molecule is Cn1nnc(Br)c1C(=O)Cc1ccccc1Cl. The van der Waals surface area contributed by atoms with Crippen molar-refractivity contribution in [2.45, 2.75) is 6.42 Å². The van der Waals surface area contributed by atoms with E-state index in [-0.39, 0.29) is 12.2 Å². The van der Waals surface area contributed by atoms with Gasteiger partial charge in [-0.1, -0.05) is 35.0 Å². The molecule has 0 fully saturated rings. The molecule has 0 saturated carbocycles. The molecule has 0 spiro atoms. The molecule has 0 bridgehead atoms.